The summed E-state index contributed by atoms with van der Waals surface area (Å²) in [5, 5.41) is 0.234. The Kier molecular flexibility index (Phi) is 5.83. The summed E-state index contributed by atoms with van der Waals surface area (Å²) in [6.07, 6.45) is 2.38. The molecule has 1 aliphatic rings. The fourth-order valence-corrected chi connectivity index (χ4v) is 3.34. The molecule has 0 amide bonds. The van der Waals surface area contributed by atoms with Crippen molar-refractivity contribution >= 4 is 21.6 Å². The van der Waals surface area contributed by atoms with Crippen LogP contribution in [0.1, 0.15) is 12.8 Å². The molecule has 0 atom stereocenters. The normalized spacial score (nSPS) is 16.3. The molecule has 0 aromatic heterocycles. The minimum absolute atomic E-state index is 0.0365. The minimum Gasteiger partial charge on any atom is -0.495 e. The quantitative estimate of drug-likeness (QED) is 0.606. The second-order valence-corrected chi connectivity index (χ2v) is 6.83. The van der Waals surface area contributed by atoms with Gasteiger partial charge in [-0.3, -0.25) is 4.84 Å². The van der Waals surface area contributed by atoms with E-state index in [1.54, 1.807) is 0 Å². The van der Waals surface area contributed by atoms with Crippen LogP contribution in [-0.2, 0) is 14.9 Å². The molecular weight excluding hydrogens is 316 g/mol. The molecule has 1 aromatic rings. The van der Waals surface area contributed by atoms with E-state index in [0.717, 1.165) is 13.1 Å². The maximum atomic E-state index is 12.0. The third-order valence-corrected chi connectivity index (χ3v) is 4.82. The summed E-state index contributed by atoms with van der Waals surface area (Å²) >= 11 is 5.92. The van der Waals surface area contributed by atoms with E-state index in [1.807, 2.05) is 0 Å². The number of benzene rings is 1. The van der Waals surface area contributed by atoms with Crippen LogP contribution in [0.25, 0.3) is 0 Å². The summed E-state index contributed by atoms with van der Waals surface area (Å²) in [6, 6.07) is 4.24. The average Bonchev–Trinajstić information content (AvgIpc) is 2.97. The van der Waals surface area contributed by atoms with Crippen molar-refractivity contribution in [3.63, 3.8) is 0 Å². The molecule has 118 valence electrons. The van der Waals surface area contributed by atoms with Gasteiger partial charge in [-0.05, 0) is 44.1 Å². The van der Waals surface area contributed by atoms with Gasteiger partial charge >= 0.3 is 0 Å². The van der Waals surface area contributed by atoms with E-state index in [4.69, 9.17) is 21.2 Å². The summed E-state index contributed by atoms with van der Waals surface area (Å²) in [7, 11) is -2.27. The van der Waals surface area contributed by atoms with Crippen LogP contribution in [0.4, 0.5) is 0 Å². The number of ether oxygens (including phenoxy) is 1. The Labute approximate surface area is 130 Å². The van der Waals surface area contributed by atoms with Crippen LogP contribution < -0.4 is 9.62 Å². The van der Waals surface area contributed by atoms with Crippen LogP contribution in [0.2, 0.25) is 5.02 Å². The van der Waals surface area contributed by atoms with E-state index in [-0.39, 0.29) is 9.92 Å². The minimum atomic E-state index is -3.73. The highest BCUT2D eigenvalue weighted by molar-refractivity contribution is 7.89. The third-order valence-electron chi connectivity index (χ3n) is 3.31. The molecule has 1 heterocycles. The number of nitrogens with one attached hydrogen (secondary N) is 1. The highest BCUT2D eigenvalue weighted by atomic mass is 35.5. The number of nitrogens with zero attached hydrogens (tertiary/aromatic N) is 1. The van der Waals surface area contributed by atoms with Gasteiger partial charge in [0.25, 0.3) is 10.0 Å². The molecule has 21 heavy (non-hydrogen) atoms. The molecule has 2 rings (SSSR count). The van der Waals surface area contributed by atoms with Crippen molar-refractivity contribution in [2.75, 3.05) is 33.4 Å². The van der Waals surface area contributed by atoms with Crippen LogP contribution in [0.15, 0.2) is 23.1 Å². The Hall–Kier alpha value is -0.860. The lowest BCUT2D eigenvalue weighted by atomic mass is 10.3. The van der Waals surface area contributed by atoms with E-state index in [0.29, 0.717) is 18.9 Å². The van der Waals surface area contributed by atoms with E-state index < -0.39 is 10.0 Å². The lowest BCUT2D eigenvalue weighted by Crippen LogP contribution is -2.30. The Morgan fingerprint density at radius 3 is 2.67 bits per heavy atom. The zero-order valence-corrected chi connectivity index (χ0v) is 13.4. The summed E-state index contributed by atoms with van der Waals surface area (Å²) in [6.45, 7) is 3.11. The van der Waals surface area contributed by atoms with Crippen LogP contribution >= 0.6 is 11.6 Å². The monoisotopic (exact) mass is 334 g/mol. The van der Waals surface area contributed by atoms with Gasteiger partial charge in [0.15, 0.2) is 0 Å². The summed E-state index contributed by atoms with van der Waals surface area (Å²) in [4.78, 5) is 9.44. The molecule has 0 saturated carbocycles. The first kappa shape index (κ1) is 16.5. The number of hydrogen-bond donors (Lipinski definition) is 1. The predicted octanol–water partition coefficient (Wildman–Crippen LogP) is 1.65. The first-order chi connectivity index (χ1) is 10.0. The van der Waals surface area contributed by atoms with Crippen molar-refractivity contribution in [3.8, 4) is 5.75 Å². The van der Waals surface area contributed by atoms with Gasteiger partial charge in [0.2, 0.25) is 0 Å². The molecule has 0 spiro atoms. The van der Waals surface area contributed by atoms with Crippen molar-refractivity contribution in [1.82, 2.24) is 9.79 Å². The third kappa shape index (κ3) is 4.55. The van der Waals surface area contributed by atoms with Gasteiger partial charge in [-0.25, -0.2) is 8.42 Å². The van der Waals surface area contributed by atoms with Crippen molar-refractivity contribution in [3.05, 3.63) is 23.2 Å². The molecule has 1 saturated heterocycles. The standard InChI is InChI=1S/C13H19ClN2O4S/c1-19-13-5-4-11(10-12(13)14)21(17,18)15-20-9-8-16-6-2-3-7-16/h4-5,10,15H,2-3,6-9H2,1H3. The summed E-state index contributed by atoms with van der Waals surface area (Å²) < 4.78 is 29.0. The zero-order valence-electron chi connectivity index (χ0n) is 11.8. The molecule has 1 fully saturated rings. The Morgan fingerprint density at radius 1 is 1.33 bits per heavy atom. The molecule has 0 radical (unpaired) electrons. The molecule has 8 heteroatoms. The van der Waals surface area contributed by atoms with Crippen LogP contribution in [0.5, 0.6) is 5.75 Å². The maximum absolute atomic E-state index is 12.0. The van der Waals surface area contributed by atoms with Gasteiger partial charge < -0.3 is 9.64 Å². The largest absolute Gasteiger partial charge is 0.495 e. The van der Waals surface area contributed by atoms with Crippen LogP contribution in [-0.4, -0.2) is 46.7 Å². The van der Waals surface area contributed by atoms with Gasteiger partial charge in [0.1, 0.15) is 5.75 Å². The van der Waals surface area contributed by atoms with Crippen molar-refractivity contribution < 1.29 is 18.0 Å². The second kappa shape index (κ2) is 7.42. The first-order valence-electron chi connectivity index (χ1n) is 6.72. The Balaban J connectivity index is 1.87. The summed E-state index contributed by atoms with van der Waals surface area (Å²) in [5.74, 6) is 0.422. The average molecular weight is 335 g/mol. The fraction of sp³-hybridized carbons (Fsp3) is 0.538. The zero-order chi connectivity index (χ0) is 15.3. The SMILES string of the molecule is COc1ccc(S(=O)(=O)NOCCN2CCCC2)cc1Cl. The smallest absolute Gasteiger partial charge is 0.262 e. The van der Waals surface area contributed by atoms with E-state index in [2.05, 4.69) is 9.79 Å². The van der Waals surface area contributed by atoms with E-state index in [1.165, 1.54) is 38.2 Å². The second-order valence-electron chi connectivity index (χ2n) is 4.78. The molecule has 0 unspecified atom stereocenters. The van der Waals surface area contributed by atoms with Crippen molar-refractivity contribution in [2.24, 2.45) is 0 Å². The van der Waals surface area contributed by atoms with Crippen molar-refractivity contribution in [2.45, 2.75) is 17.7 Å². The summed E-state index contributed by atoms with van der Waals surface area (Å²) in [5.41, 5.74) is 0. The fourth-order valence-electron chi connectivity index (χ4n) is 2.16. The number of likely N-dealkylation sites (tertiary alicyclic amines) is 1. The number of sulfonamides is 1. The molecule has 1 aromatic carbocycles. The number of hydrogen-bond acceptors (Lipinski definition) is 5. The molecular formula is C13H19ClN2O4S. The molecule has 1 aliphatic heterocycles. The number of rotatable bonds is 7. The van der Waals surface area contributed by atoms with Gasteiger partial charge in [-0.2, -0.15) is 0 Å². The van der Waals surface area contributed by atoms with Crippen LogP contribution in [0, 0.1) is 0 Å². The van der Waals surface area contributed by atoms with Crippen molar-refractivity contribution in [1.29, 1.82) is 0 Å². The van der Waals surface area contributed by atoms with E-state index >= 15 is 0 Å². The maximum Gasteiger partial charge on any atom is 0.262 e. The highest BCUT2D eigenvalue weighted by Crippen LogP contribution is 2.26. The molecule has 0 aliphatic carbocycles. The lowest BCUT2D eigenvalue weighted by Gasteiger charge is -2.14. The molecule has 0 bridgehead atoms. The highest BCUT2D eigenvalue weighted by Gasteiger charge is 2.17. The molecule has 1 N–H and O–H groups in total. The number of halogens is 1. The Bertz CT molecular complexity index is 574. The Morgan fingerprint density at radius 2 is 2.05 bits per heavy atom. The van der Waals surface area contributed by atoms with Crippen LogP contribution in [0.3, 0.4) is 0 Å². The topological polar surface area (TPSA) is 67.9 Å². The van der Waals surface area contributed by atoms with Gasteiger partial charge in [0, 0.05) is 6.54 Å². The number of methoxy groups -OCH3 is 1. The molecule has 6 nitrogen and oxygen atoms in total. The van der Waals surface area contributed by atoms with Gasteiger partial charge in [0.05, 0.1) is 23.6 Å². The van der Waals surface area contributed by atoms with Gasteiger partial charge in [-0.15, -0.1) is 0 Å². The predicted molar refractivity (Wildman–Crippen MR) is 80.0 cm³/mol. The lowest BCUT2D eigenvalue weighted by molar-refractivity contribution is 0.0756. The van der Waals surface area contributed by atoms with E-state index in [9.17, 15) is 8.42 Å². The first-order valence-corrected chi connectivity index (χ1v) is 8.58. The van der Waals surface area contributed by atoms with Gasteiger partial charge in [-0.1, -0.05) is 16.5 Å².